The molecule has 2 aromatic rings. The van der Waals surface area contributed by atoms with Crippen LogP contribution in [0, 0.1) is 6.92 Å². The highest BCUT2D eigenvalue weighted by Gasteiger charge is 2.33. The first-order valence-electron chi connectivity index (χ1n) is 10.8. The summed E-state index contributed by atoms with van der Waals surface area (Å²) in [5, 5.41) is 4.08. The lowest BCUT2D eigenvalue weighted by Gasteiger charge is -2.41. The minimum absolute atomic E-state index is 0. The molecule has 1 aromatic heterocycles. The van der Waals surface area contributed by atoms with Gasteiger partial charge in [-0.1, -0.05) is 11.6 Å². The number of pyridine rings is 1. The molecular formula is C23H30Cl2N4O2. The number of aromatic nitrogens is 1. The number of nitrogens with one attached hydrogen (secondary N) is 1. The first-order valence-corrected chi connectivity index (χ1v) is 10.8. The Bertz CT molecular complexity index is 979. The van der Waals surface area contributed by atoms with Crippen LogP contribution in [0.15, 0.2) is 24.3 Å². The zero-order valence-corrected chi connectivity index (χ0v) is 19.4. The second-order valence-corrected chi connectivity index (χ2v) is 8.70. The monoisotopic (exact) mass is 464 g/mol. The van der Waals surface area contributed by atoms with Gasteiger partial charge in [0.25, 0.3) is 5.91 Å². The summed E-state index contributed by atoms with van der Waals surface area (Å²) in [5.74, 6) is 0.730. The Kier molecular flexibility index (Phi) is 7.45. The number of hydrogen-bond acceptors (Lipinski definition) is 4. The van der Waals surface area contributed by atoms with E-state index in [-0.39, 0.29) is 42.7 Å². The van der Waals surface area contributed by atoms with Gasteiger partial charge < -0.3 is 15.1 Å². The Labute approximate surface area is 195 Å². The molecule has 1 saturated carbocycles. The molecule has 168 valence electrons. The Morgan fingerprint density at radius 3 is 2.68 bits per heavy atom. The molecule has 3 aliphatic rings. The van der Waals surface area contributed by atoms with Crippen LogP contribution in [0.1, 0.15) is 53.2 Å². The van der Waals surface area contributed by atoms with Gasteiger partial charge >= 0.3 is 0 Å². The number of piperazine rings is 1. The van der Waals surface area contributed by atoms with E-state index in [2.05, 4.69) is 24.4 Å². The topological polar surface area (TPSA) is 65.5 Å². The molecule has 0 spiro atoms. The van der Waals surface area contributed by atoms with Crippen LogP contribution < -0.4 is 5.32 Å². The minimum atomic E-state index is 0. The first kappa shape index (κ1) is 23.8. The first-order chi connectivity index (χ1) is 14.1. The molecule has 31 heavy (non-hydrogen) atoms. The number of amides is 2. The molecule has 1 atom stereocenters. The third-order valence-corrected chi connectivity index (χ3v) is 6.46. The second-order valence-electron chi connectivity index (χ2n) is 8.70. The van der Waals surface area contributed by atoms with Crippen molar-refractivity contribution < 1.29 is 9.59 Å². The smallest absolute Gasteiger partial charge is 0.254 e. The third-order valence-electron chi connectivity index (χ3n) is 6.46. The number of rotatable bonds is 3. The summed E-state index contributed by atoms with van der Waals surface area (Å²) in [6.45, 7) is 5.39. The fraction of sp³-hybridized carbons (Fsp3) is 0.522. The van der Waals surface area contributed by atoms with Crippen LogP contribution in [0.5, 0.6) is 0 Å². The summed E-state index contributed by atoms with van der Waals surface area (Å²) in [7, 11) is 0. The molecular weight excluding hydrogens is 435 g/mol. The number of carbonyl (C=O) groups excluding carboxylic acids is 2. The predicted molar refractivity (Wildman–Crippen MR) is 126 cm³/mol. The highest BCUT2D eigenvalue weighted by molar-refractivity contribution is 6.06. The number of fused-ring (bicyclic) bond motifs is 1. The quantitative estimate of drug-likeness (QED) is 0.756. The van der Waals surface area contributed by atoms with Gasteiger partial charge in [0.2, 0.25) is 5.91 Å². The number of aryl methyl sites for hydroxylation is 1. The van der Waals surface area contributed by atoms with E-state index >= 15 is 0 Å². The normalized spacial score (nSPS) is 21.5. The number of likely N-dealkylation sites (tertiary alicyclic amines) is 1. The molecule has 3 heterocycles. The van der Waals surface area contributed by atoms with Gasteiger partial charge in [-0.15, -0.1) is 24.8 Å². The molecule has 0 radical (unpaired) electrons. The fourth-order valence-electron chi connectivity index (χ4n) is 4.70. The number of carbonyl (C=O) groups is 2. The predicted octanol–water partition coefficient (Wildman–Crippen LogP) is 3.30. The van der Waals surface area contributed by atoms with Crippen LogP contribution in [0.4, 0.5) is 0 Å². The van der Waals surface area contributed by atoms with Crippen LogP contribution >= 0.6 is 24.8 Å². The van der Waals surface area contributed by atoms with Gasteiger partial charge in [-0.25, -0.2) is 0 Å². The van der Waals surface area contributed by atoms with Crippen LogP contribution in [0.2, 0.25) is 0 Å². The summed E-state index contributed by atoms with van der Waals surface area (Å²) in [4.78, 5) is 34.7. The van der Waals surface area contributed by atoms with Gasteiger partial charge in [0.05, 0.1) is 17.6 Å². The highest BCUT2D eigenvalue weighted by atomic mass is 35.5. The van der Waals surface area contributed by atoms with Crippen molar-refractivity contribution >= 4 is 47.5 Å². The van der Waals surface area contributed by atoms with Gasteiger partial charge in [-0.05, 0) is 50.8 Å². The molecule has 0 bridgehead atoms. The van der Waals surface area contributed by atoms with Crippen molar-refractivity contribution in [3.8, 4) is 0 Å². The summed E-state index contributed by atoms with van der Waals surface area (Å²) in [6.07, 6.45) is 4.23. The van der Waals surface area contributed by atoms with Crippen LogP contribution in [0.3, 0.4) is 0 Å². The lowest BCUT2D eigenvalue weighted by molar-refractivity contribution is -0.135. The van der Waals surface area contributed by atoms with E-state index in [4.69, 9.17) is 4.98 Å². The number of piperidine rings is 1. The molecule has 1 unspecified atom stereocenters. The van der Waals surface area contributed by atoms with E-state index in [1.807, 2.05) is 21.9 Å². The van der Waals surface area contributed by atoms with E-state index in [9.17, 15) is 9.59 Å². The Morgan fingerprint density at radius 2 is 1.94 bits per heavy atom. The largest absolute Gasteiger partial charge is 0.337 e. The van der Waals surface area contributed by atoms with Crippen molar-refractivity contribution in [2.75, 3.05) is 32.7 Å². The Hall–Kier alpha value is -1.89. The number of benzene rings is 1. The third kappa shape index (κ3) is 4.81. The lowest BCUT2D eigenvalue weighted by atomic mass is 9.99. The fourth-order valence-corrected chi connectivity index (χ4v) is 4.70. The van der Waals surface area contributed by atoms with Crippen molar-refractivity contribution in [2.24, 2.45) is 0 Å². The van der Waals surface area contributed by atoms with Gasteiger partial charge in [0.15, 0.2) is 0 Å². The van der Waals surface area contributed by atoms with Crippen molar-refractivity contribution in [3.63, 3.8) is 0 Å². The van der Waals surface area contributed by atoms with Crippen molar-refractivity contribution in [2.45, 2.75) is 44.6 Å². The SMILES string of the molecule is Cc1ccc2nc(C3CC3)cc(C(=O)N3CCCC(N4CCNCC4=O)C3)c2c1.Cl.Cl. The van der Waals surface area contributed by atoms with Crippen molar-refractivity contribution in [1.82, 2.24) is 20.1 Å². The zero-order valence-electron chi connectivity index (χ0n) is 17.8. The molecule has 2 amide bonds. The van der Waals surface area contributed by atoms with Gasteiger partial charge in [-0.2, -0.15) is 0 Å². The second kappa shape index (κ2) is 9.72. The molecule has 1 aliphatic carbocycles. The van der Waals surface area contributed by atoms with Crippen LogP contribution in [-0.4, -0.2) is 65.4 Å². The van der Waals surface area contributed by atoms with E-state index in [1.54, 1.807) is 0 Å². The Balaban J connectivity index is 0.00000136. The van der Waals surface area contributed by atoms with E-state index < -0.39 is 0 Å². The van der Waals surface area contributed by atoms with E-state index in [0.29, 0.717) is 19.0 Å². The summed E-state index contributed by atoms with van der Waals surface area (Å²) in [6, 6.07) is 8.33. The summed E-state index contributed by atoms with van der Waals surface area (Å²) in [5.41, 5.74) is 3.87. The Morgan fingerprint density at radius 1 is 1.13 bits per heavy atom. The molecule has 8 heteroatoms. The molecule has 6 nitrogen and oxygen atoms in total. The lowest BCUT2D eigenvalue weighted by Crippen LogP contribution is -2.57. The van der Waals surface area contributed by atoms with Crippen molar-refractivity contribution in [3.05, 3.63) is 41.1 Å². The highest BCUT2D eigenvalue weighted by Crippen LogP contribution is 2.40. The molecule has 2 saturated heterocycles. The van der Waals surface area contributed by atoms with E-state index in [1.165, 1.54) is 0 Å². The average molecular weight is 465 g/mol. The molecule has 2 aliphatic heterocycles. The number of halogens is 2. The molecule has 5 rings (SSSR count). The van der Waals surface area contributed by atoms with Crippen LogP contribution in [-0.2, 0) is 4.79 Å². The standard InChI is InChI=1S/C23H28N4O2.2ClH/c1-15-4-7-20-18(11-15)19(12-21(25-20)16-5-6-16)23(29)26-9-2-3-17(14-26)27-10-8-24-13-22(27)28;;/h4,7,11-12,16-17,24H,2-3,5-6,8-10,13-14H2,1H3;2*1H. The van der Waals surface area contributed by atoms with Crippen LogP contribution in [0.25, 0.3) is 10.9 Å². The number of hydrogen-bond donors (Lipinski definition) is 1. The maximum Gasteiger partial charge on any atom is 0.254 e. The van der Waals surface area contributed by atoms with Gasteiger partial charge in [-0.3, -0.25) is 14.6 Å². The maximum absolute atomic E-state index is 13.6. The molecule has 3 fully saturated rings. The summed E-state index contributed by atoms with van der Waals surface area (Å²) < 4.78 is 0. The van der Waals surface area contributed by atoms with Gasteiger partial charge in [0, 0.05) is 49.2 Å². The minimum Gasteiger partial charge on any atom is -0.337 e. The number of nitrogens with zero attached hydrogens (tertiary/aromatic N) is 3. The zero-order chi connectivity index (χ0) is 20.0. The van der Waals surface area contributed by atoms with E-state index in [0.717, 1.165) is 73.0 Å². The summed E-state index contributed by atoms with van der Waals surface area (Å²) >= 11 is 0. The van der Waals surface area contributed by atoms with Gasteiger partial charge in [0.1, 0.15) is 0 Å². The molecule has 1 aromatic carbocycles. The maximum atomic E-state index is 13.6. The van der Waals surface area contributed by atoms with Crippen molar-refractivity contribution in [1.29, 1.82) is 0 Å². The molecule has 1 N–H and O–H groups in total. The average Bonchev–Trinajstić information content (AvgIpc) is 3.58.